The van der Waals surface area contributed by atoms with Gasteiger partial charge in [-0.2, -0.15) is 0 Å². The molecule has 0 fully saturated rings. The highest BCUT2D eigenvalue weighted by atomic mass is 35.5. The number of oxime groups is 1. The highest BCUT2D eigenvalue weighted by molar-refractivity contribution is 6.42. The van der Waals surface area contributed by atoms with E-state index >= 15 is 0 Å². The molecule has 1 aliphatic rings. The summed E-state index contributed by atoms with van der Waals surface area (Å²) in [5.74, 6) is -2.61. The molecule has 0 N–H and O–H groups in total. The Labute approximate surface area is 198 Å². The molecule has 0 bridgehead atoms. The Morgan fingerprint density at radius 2 is 1.79 bits per heavy atom. The predicted molar refractivity (Wildman–Crippen MR) is 120 cm³/mol. The van der Waals surface area contributed by atoms with Gasteiger partial charge in [-0.25, -0.2) is 13.2 Å². The maximum atomic E-state index is 14.3. The van der Waals surface area contributed by atoms with Crippen LogP contribution in [-0.4, -0.2) is 29.2 Å². The fourth-order valence-electron chi connectivity index (χ4n) is 3.50. The van der Waals surface area contributed by atoms with Crippen molar-refractivity contribution in [2.75, 3.05) is 6.54 Å². The molecule has 1 atom stereocenters. The lowest BCUT2D eigenvalue weighted by atomic mass is 10.0. The molecule has 1 amide bonds. The second-order valence-electron chi connectivity index (χ2n) is 7.53. The molecule has 0 radical (unpaired) electrons. The zero-order valence-corrected chi connectivity index (χ0v) is 18.6. The Kier molecular flexibility index (Phi) is 6.91. The summed E-state index contributed by atoms with van der Waals surface area (Å²) in [4.78, 5) is 20.0. The Bertz CT molecular complexity index is 1240. The average molecular weight is 493 g/mol. The monoisotopic (exact) mass is 492 g/mol. The lowest BCUT2D eigenvalue weighted by Gasteiger charge is -2.25. The van der Waals surface area contributed by atoms with Crippen molar-refractivity contribution in [3.05, 3.63) is 105 Å². The number of halogens is 5. The molecular formula is C24H17Cl2F3N2O2. The number of carbonyl (C=O) groups is 1. The molecule has 4 nitrogen and oxygen atoms in total. The summed E-state index contributed by atoms with van der Waals surface area (Å²) in [7, 11) is 0. The molecule has 4 rings (SSSR count). The van der Waals surface area contributed by atoms with Crippen LogP contribution in [0.2, 0.25) is 10.0 Å². The number of amides is 1. The first kappa shape index (κ1) is 23.1. The first-order valence-electron chi connectivity index (χ1n) is 9.97. The Morgan fingerprint density at radius 3 is 2.52 bits per heavy atom. The van der Waals surface area contributed by atoms with Crippen LogP contribution in [0.1, 0.15) is 27.9 Å². The largest absolute Gasteiger partial charge is 0.390 e. The fourth-order valence-corrected chi connectivity index (χ4v) is 3.80. The van der Waals surface area contributed by atoms with Gasteiger partial charge in [-0.15, -0.1) is 0 Å². The van der Waals surface area contributed by atoms with Crippen molar-refractivity contribution in [2.45, 2.75) is 19.1 Å². The summed E-state index contributed by atoms with van der Waals surface area (Å²) in [6.07, 6.45) is -0.174. The van der Waals surface area contributed by atoms with Gasteiger partial charge in [0.2, 0.25) is 0 Å². The van der Waals surface area contributed by atoms with Gasteiger partial charge in [0, 0.05) is 35.7 Å². The molecule has 33 heavy (non-hydrogen) atoms. The topological polar surface area (TPSA) is 41.9 Å². The van der Waals surface area contributed by atoms with E-state index in [-0.39, 0.29) is 24.2 Å². The van der Waals surface area contributed by atoms with E-state index in [0.29, 0.717) is 22.2 Å². The summed E-state index contributed by atoms with van der Waals surface area (Å²) in [6, 6.07) is 13.4. The van der Waals surface area contributed by atoms with E-state index in [1.807, 2.05) is 0 Å². The van der Waals surface area contributed by atoms with Gasteiger partial charge >= 0.3 is 0 Å². The molecule has 1 heterocycles. The third-order valence-corrected chi connectivity index (χ3v) is 5.88. The highest BCUT2D eigenvalue weighted by Gasteiger charge is 2.28. The van der Waals surface area contributed by atoms with E-state index in [9.17, 15) is 18.0 Å². The molecule has 3 aromatic rings. The van der Waals surface area contributed by atoms with Crippen molar-refractivity contribution >= 4 is 34.8 Å². The van der Waals surface area contributed by atoms with Gasteiger partial charge in [0.1, 0.15) is 17.5 Å². The van der Waals surface area contributed by atoms with Crippen molar-refractivity contribution in [2.24, 2.45) is 5.16 Å². The van der Waals surface area contributed by atoms with Crippen LogP contribution in [0.5, 0.6) is 0 Å². The second kappa shape index (κ2) is 9.85. The van der Waals surface area contributed by atoms with Gasteiger partial charge in [0.15, 0.2) is 6.10 Å². The van der Waals surface area contributed by atoms with Crippen LogP contribution < -0.4 is 0 Å². The smallest absolute Gasteiger partial charge is 0.254 e. The van der Waals surface area contributed by atoms with Gasteiger partial charge in [-0.3, -0.25) is 4.79 Å². The molecule has 0 aromatic heterocycles. The Morgan fingerprint density at radius 1 is 1.00 bits per heavy atom. The number of rotatable bonds is 6. The number of carbonyl (C=O) groups excluding carboxylic acids is 1. The lowest BCUT2D eigenvalue weighted by Crippen LogP contribution is -2.37. The van der Waals surface area contributed by atoms with E-state index < -0.39 is 29.5 Å². The quantitative estimate of drug-likeness (QED) is 0.408. The molecule has 170 valence electrons. The van der Waals surface area contributed by atoms with Crippen LogP contribution in [-0.2, 0) is 11.4 Å². The van der Waals surface area contributed by atoms with Crippen molar-refractivity contribution in [3.8, 4) is 0 Å². The zero-order chi connectivity index (χ0) is 23.5. The summed E-state index contributed by atoms with van der Waals surface area (Å²) in [6.45, 7) is -0.121. The standard InChI is InChI=1S/C24H17Cl2F3N2O2/c25-20-7-5-14(9-21(20)26)23-11-19(33-30-23)13-31(12-16-4-6-18(28)10-22(16)29)24(32)15-2-1-3-17(27)8-15/h1-10,19H,11-13H2/t19-/m1/s1. The summed E-state index contributed by atoms with van der Waals surface area (Å²) in [5, 5.41) is 4.86. The second-order valence-corrected chi connectivity index (χ2v) is 8.34. The molecule has 0 spiro atoms. The molecular weight excluding hydrogens is 476 g/mol. The number of nitrogens with zero attached hydrogens (tertiary/aromatic N) is 2. The first-order chi connectivity index (χ1) is 15.8. The van der Waals surface area contributed by atoms with Crippen LogP contribution in [0, 0.1) is 17.5 Å². The van der Waals surface area contributed by atoms with Crippen LogP contribution in [0.3, 0.4) is 0 Å². The van der Waals surface area contributed by atoms with Crippen LogP contribution >= 0.6 is 23.2 Å². The predicted octanol–water partition coefficient (Wildman–Crippen LogP) is 6.25. The first-order valence-corrected chi connectivity index (χ1v) is 10.7. The highest BCUT2D eigenvalue weighted by Crippen LogP contribution is 2.26. The third kappa shape index (κ3) is 5.49. The fraction of sp³-hybridized carbons (Fsp3) is 0.167. The van der Waals surface area contributed by atoms with E-state index in [1.54, 1.807) is 18.2 Å². The third-order valence-electron chi connectivity index (χ3n) is 5.14. The van der Waals surface area contributed by atoms with Crippen molar-refractivity contribution in [1.82, 2.24) is 4.90 Å². The molecule has 0 saturated heterocycles. The van der Waals surface area contributed by atoms with Gasteiger partial charge in [-0.1, -0.05) is 46.6 Å². The van der Waals surface area contributed by atoms with Gasteiger partial charge < -0.3 is 9.74 Å². The van der Waals surface area contributed by atoms with Crippen molar-refractivity contribution in [1.29, 1.82) is 0 Å². The normalized spacial score (nSPS) is 15.2. The van der Waals surface area contributed by atoms with Crippen LogP contribution in [0.15, 0.2) is 65.8 Å². The van der Waals surface area contributed by atoms with Crippen LogP contribution in [0.25, 0.3) is 0 Å². The molecule has 0 aliphatic carbocycles. The number of benzene rings is 3. The summed E-state index contributed by atoms with van der Waals surface area (Å²) in [5.41, 5.74) is 1.55. The van der Waals surface area contributed by atoms with E-state index in [0.717, 1.165) is 23.8 Å². The SMILES string of the molecule is O=C(c1cccc(F)c1)N(Cc1ccc(F)cc1F)C[C@H]1CC(c2ccc(Cl)c(Cl)c2)=NO1. The molecule has 3 aromatic carbocycles. The van der Waals surface area contributed by atoms with Gasteiger partial charge in [-0.05, 0) is 36.4 Å². The molecule has 0 unspecified atom stereocenters. The molecule has 1 aliphatic heterocycles. The molecule has 9 heteroatoms. The van der Waals surface area contributed by atoms with E-state index in [2.05, 4.69) is 5.16 Å². The minimum atomic E-state index is -0.785. The van der Waals surface area contributed by atoms with E-state index in [4.69, 9.17) is 28.0 Å². The minimum Gasteiger partial charge on any atom is -0.390 e. The van der Waals surface area contributed by atoms with Gasteiger partial charge in [0.05, 0.1) is 22.3 Å². The summed E-state index contributed by atoms with van der Waals surface area (Å²) < 4.78 is 41.3. The minimum absolute atomic E-state index is 0.0421. The van der Waals surface area contributed by atoms with Gasteiger partial charge in [0.25, 0.3) is 5.91 Å². The maximum absolute atomic E-state index is 14.3. The van der Waals surface area contributed by atoms with E-state index in [1.165, 1.54) is 29.2 Å². The maximum Gasteiger partial charge on any atom is 0.254 e. The average Bonchev–Trinajstić information content (AvgIpc) is 3.25. The van der Waals surface area contributed by atoms with Crippen molar-refractivity contribution in [3.63, 3.8) is 0 Å². The Hall–Kier alpha value is -3.03. The summed E-state index contributed by atoms with van der Waals surface area (Å²) >= 11 is 12.0. The number of hydrogen-bond donors (Lipinski definition) is 0. The molecule has 0 saturated carbocycles. The zero-order valence-electron chi connectivity index (χ0n) is 17.1. The lowest BCUT2D eigenvalue weighted by molar-refractivity contribution is 0.0402. The number of hydrogen-bond acceptors (Lipinski definition) is 3. The Balaban J connectivity index is 1.54. The van der Waals surface area contributed by atoms with Crippen molar-refractivity contribution < 1.29 is 22.8 Å². The van der Waals surface area contributed by atoms with Crippen LogP contribution in [0.4, 0.5) is 13.2 Å².